The van der Waals surface area contributed by atoms with E-state index in [2.05, 4.69) is 26.0 Å². The van der Waals surface area contributed by atoms with Crippen LogP contribution in [0.3, 0.4) is 0 Å². The fourth-order valence-corrected chi connectivity index (χ4v) is 2.67. The van der Waals surface area contributed by atoms with E-state index in [9.17, 15) is 19.8 Å². The van der Waals surface area contributed by atoms with Crippen molar-refractivity contribution in [3.8, 4) is 11.5 Å². The zero-order valence-electron chi connectivity index (χ0n) is 17.7. The van der Waals surface area contributed by atoms with Gasteiger partial charge in [0.2, 0.25) is 0 Å². The maximum Gasteiger partial charge on any atom is 2.00 e. The number of carbonyl (C=O) groups excluding carboxylic acids is 2. The van der Waals surface area contributed by atoms with E-state index in [1.54, 1.807) is 56.3 Å². The summed E-state index contributed by atoms with van der Waals surface area (Å²) in [7, 11) is 0. The molecule has 170 valence electrons. The van der Waals surface area contributed by atoms with E-state index in [4.69, 9.17) is 0 Å². The van der Waals surface area contributed by atoms with Crippen LogP contribution in [0.15, 0.2) is 76.9 Å². The third kappa shape index (κ3) is 6.47. The van der Waals surface area contributed by atoms with E-state index < -0.39 is 0 Å². The molecule has 0 spiro atoms. The summed E-state index contributed by atoms with van der Waals surface area (Å²) in [4.78, 5) is 24.6. The molecular weight excluding hydrogens is 469 g/mol. The maximum absolute atomic E-state index is 11.8. The second-order valence-electron chi connectivity index (χ2n) is 6.72. The Morgan fingerprint density at radius 3 is 1.48 bits per heavy atom. The van der Waals surface area contributed by atoms with Gasteiger partial charge in [-0.1, -0.05) is 54.0 Å². The quantitative estimate of drug-likeness (QED) is 0.229. The van der Waals surface area contributed by atoms with Crippen molar-refractivity contribution in [1.82, 2.24) is 15.8 Å². The number of rotatable bonds is 6. The summed E-state index contributed by atoms with van der Waals surface area (Å²) in [6.45, 7) is 3.37. The standard InChI is InChI=1S/C23H21N5O4.Ni/c1-14(25-27-22(31)16-8-3-5-12-20(16)29)18-10-7-11-19(24-18)15(2)26-28-23(32)17-9-4-6-13-21(17)30;/h3-13,29-30H,1-2H3,(H,27,31)(H,28,32);/q;+2. The van der Waals surface area contributed by atoms with Gasteiger partial charge in [0.1, 0.15) is 0 Å². The minimum atomic E-state index is -0.363. The summed E-state index contributed by atoms with van der Waals surface area (Å²) in [5, 5.41) is 31.7. The third-order valence-corrected chi connectivity index (χ3v) is 4.43. The molecule has 9 nitrogen and oxygen atoms in total. The average Bonchev–Trinajstić information content (AvgIpc) is 2.81. The van der Waals surface area contributed by atoms with Gasteiger partial charge in [0.05, 0.1) is 33.9 Å². The second-order valence-corrected chi connectivity index (χ2v) is 6.72. The Labute approximate surface area is 200 Å². The number of hydrogen-bond acceptors (Lipinski definition) is 5. The van der Waals surface area contributed by atoms with Gasteiger partial charge in [0, 0.05) is 0 Å². The molecule has 0 radical (unpaired) electrons. The van der Waals surface area contributed by atoms with E-state index in [0.29, 0.717) is 22.8 Å². The first kappa shape index (κ1) is 25.2. The molecule has 33 heavy (non-hydrogen) atoms. The van der Waals surface area contributed by atoms with Gasteiger partial charge < -0.3 is 10.2 Å². The fraction of sp³-hybridized carbons (Fsp3) is 0.0870. The Kier molecular flexibility index (Phi) is 8.83. The molecule has 0 atom stereocenters. The van der Waals surface area contributed by atoms with Crippen molar-refractivity contribution < 1.29 is 36.3 Å². The van der Waals surface area contributed by atoms with Crippen LogP contribution in [0.2, 0.25) is 0 Å². The van der Waals surface area contributed by atoms with Crippen LogP contribution in [0, 0.1) is 0 Å². The Hall–Kier alpha value is -4.04. The summed E-state index contributed by atoms with van der Waals surface area (Å²) in [6, 6.07) is 17.3. The molecule has 4 N–H and O–H groups in total. The smallest absolute Gasteiger partial charge is 0.872 e. The molecule has 2 aromatic carbocycles. The fourth-order valence-electron chi connectivity index (χ4n) is 2.67. The van der Waals surface area contributed by atoms with Gasteiger partial charge in [-0.3, -0.25) is 9.59 Å². The molecule has 3 aromatic rings. The number of hydrogen-bond donors (Lipinski definition) is 2. The van der Waals surface area contributed by atoms with Gasteiger partial charge in [-0.25, -0.2) is 4.98 Å². The number of pyridine rings is 1. The van der Waals surface area contributed by atoms with Crippen molar-refractivity contribution in [3.05, 3.63) is 89.2 Å². The third-order valence-electron chi connectivity index (χ3n) is 4.43. The molecule has 1 aromatic heterocycles. The van der Waals surface area contributed by atoms with Crippen molar-refractivity contribution in [2.24, 2.45) is 10.2 Å². The SMILES string of the molecule is CC(=NNC(=[OH+])c1ccccc1[O-])c1cccc(C(C)=NNC(=[OH+])c2ccccc2[O-])n1.[Ni+2]. The van der Waals surface area contributed by atoms with E-state index in [1.165, 1.54) is 24.3 Å². The molecule has 0 saturated carbocycles. The first-order valence-corrected chi connectivity index (χ1v) is 9.60. The van der Waals surface area contributed by atoms with E-state index in [0.717, 1.165) is 0 Å². The summed E-state index contributed by atoms with van der Waals surface area (Å²) in [5.74, 6) is -1.38. The summed E-state index contributed by atoms with van der Waals surface area (Å²) >= 11 is 0. The molecule has 0 saturated heterocycles. The molecule has 3 rings (SSSR count). The van der Waals surface area contributed by atoms with Gasteiger partial charge in [0.25, 0.3) is 0 Å². The Morgan fingerprint density at radius 2 is 1.09 bits per heavy atom. The van der Waals surface area contributed by atoms with E-state index in [1.807, 2.05) is 0 Å². The number of nitrogens with zero attached hydrogens (tertiary/aromatic N) is 3. The van der Waals surface area contributed by atoms with E-state index in [-0.39, 0.29) is 50.9 Å². The van der Waals surface area contributed by atoms with Crippen LogP contribution in [0.4, 0.5) is 0 Å². The molecule has 0 fully saturated rings. The van der Waals surface area contributed by atoms with Crippen LogP contribution in [0.1, 0.15) is 36.4 Å². The van der Waals surface area contributed by atoms with Gasteiger partial charge in [0.15, 0.2) is 0 Å². The average molecular weight is 490 g/mol. The molecular formula is C23H21N5NiO4+2. The van der Waals surface area contributed by atoms with Crippen molar-refractivity contribution in [2.45, 2.75) is 13.8 Å². The number of hydrazone groups is 2. The molecule has 2 amide bonds. The van der Waals surface area contributed by atoms with Crippen molar-refractivity contribution in [3.63, 3.8) is 0 Å². The topological polar surface area (TPSA) is 151 Å². The zero-order valence-corrected chi connectivity index (χ0v) is 18.7. The second kappa shape index (κ2) is 11.5. The van der Waals surface area contributed by atoms with Crippen LogP contribution in [-0.2, 0) is 16.5 Å². The molecule has 0 aliphatic rings. The number of para-hydroxylation sites is 2. The Balaban J connectivity index is 0.00000385. The summed E-state index contributed by atoms with van der Waals surface area (Å²) in [6.07, 6.45) is 0. The molecule has 0 bridgehead atoms. The molecule has 0 unspecified atom stereocenters. The first-order valence-electron chi connectivity index (χ1n) is 9.60. The molecule has 0 aliphatic heterocycles. The minimum absolute atomic E-state index is 0. The van der Waals surface area contributed by atoms with E-state index >= 15 is 0 Å². The van der Waals surface area contributed by atoms with Crippen molar-refractivity contribution >= 4 is 23.2 Å². The number of amides is 2. The predicted molar refractivity (Wildman–Crippen MR) is 119 cm³/mol. The normalized spacial score (nSPS) is 11.3. The number of aromatic nitrogens is 1. The number of benzene rings is 2. The Bertz CT molecular complexity index is 1140. The zero-order chi connectivity index (χ0) is 23.1. The van der Waals surface area contributed by atoms with Gasteiger partial charge in [-0.05, 0) is 38.1 Å². The molecule has 1 heterocycles. The van der Waals surface area contributed by atoms with Crippen LogP contribution in [0.25, 0.3) is 0 Å². The largest absolute Gasteiger partial charge is 2.00 e. The first-order chi connectivity index (χ1) is 15.4. The molecule has 10 heteroatoms. The minimum Gasteiger partial charge on any atom is -0.872 e. The van der Waals surface area contributed by atoms with Crippen LogP contribution >= 0.6 is 0 Å². The van der Waals surface area contributed by atoms with Crippen LogP contribution < -0.4 is 21.1 Å². The molecule has 0 aliphatic carbocycles. The van der Waals surface area contributed by atoms with Gasteiger partial charge >= 0.3 is 28.3 Å². The van der Waals surface area contributed by atoms with Crippen molar-refractivity contribution in [1.29, 1.82) is 0 Å². The van der Waals surface area contributed by atoms with Crippen LogP contribution in [0.5, 0.6) is 11.5 Å². The monoisotopic (exact) mass is 489 g/mol. The summed E-state index contributed by atoms with van der Waals surface area (Å²) < 4.78 is 0. The van der Waals surface area contributed by atoms with Gasteiger partial charge in [-0.15, -0.1) is 0 Å². The van der Waals surface area contributed by atoms with Gasteiger partial charge in [-0.2, -0.15) is 21.1 Å². The maximum atomic E-state index is 11.8. The van der Waals surface area contributed by atoms with Crippen LogP contribution in [-0.4, -0.2) is 37.8 Å². The summed E-state index contributed by atoms with van der Waals surface area (Å²) in [5.41, 5.74) is 7.06. The predicted octanol–water partition coefficient (Wildman–Crippen LogP) is 0.955. The van der Waals surface area contributed by atoms with Crippen molar-refractivity contribution in [2.75, 3.05) is 0 Å². The Morgan fingerprint density at radius 1 is 0.697 bits per heavy atom. The number of nitrogens with one attached hydrogen (secondary N) is 2.